The average molecular weight is 132 g/mol. The van der Waals surface area contributed by atoms with E-state index in [9.17, 15) is 4.79 Å². The fourth-order valence-corrected chi connectivity index (χ4v) is 0.549. The number of carbonyl (C=O) groups is 1. The number of carboxylic acids is 1. The molecule has 0 aliphatic rings. The van der Waals surface area contributed by atoms with Crippen LogP contribution in [0.3, 0.4) is 0 Å². The van der Waals surface area contributed by atoms with Crippen LogP contribution in [-0.4, -0.2) is 17.1 Å². The minimum atomic E-state index is -0.910. The van der Waals surface area contributed by atoms with Gasteiger partial charge < -0.3 is 5.11 Å². The van der Waals surface area contributed by atoms with Crippen molar-refractivity contribution in [2.75, 3.05) is 0 Å². The minimum Gasteiger partial charge on any atom is -0.480 e. The van der Waals surface area contributed by atoms with E-state index < -0.39 is 12.0 Å². The molecular weight excluding hydrogens is 120 g/mol. The van der Waals surface area contributed by atoms with Crippen molar-refractivity contribution in [3.8, 4) is 0 Å². The largest absolute Gasteiger partial charge is 0.480 e. The second kappa shape index (κ2) is 3.42. The molecule has 0 aromatic carbocycles. The number of rotatable bonds is 3. The number of nitrogens with two attached hydrogens (primary N) is 1. The van der Waals surface area contributed by atoms with Crippen molar-refractivity contribution in [3.63, 3.8) is 0 Å². The lowest BCUT2D eigenvalue weighted by Crippen LogP contribution is -2.44. The number of carboxylic acid groups (broad SMARTS) is 1. The predicted octanol–water partition coefficient (Wildman–Crippen LogP) is -0.441. The second-order valence-electron chi connectivity index (χ2n) is 2.23. The van der Waals surface area contributed by atoms with Crippen LogP contribution in [0.4, 0.5) is 0 Å². The van der Waals surface area contributed by atoms with Gasteiger partial charge in [-0.3, -0.25) is 10.6 Å². The van der Waals surface area contributed by atoms with Gasteiger partial charge in [0.1, 0.15) is 6.04 Å². The molecule has 9 heavy (non-hydrogen) atoms. The summed E-state index contributed by atoms with van der Waals surface area (Å²) in [5.41, 5.74) is 2.20. The number of hydrogen-bond acceptors (Lipinski definition) is 3. The third kappa shape index (κ3) is 2.43. The lowest BCUT2D eigenvalue weighted by atomic mass is 10.1. The molecule has 0 aromatic heterocycles. The summed E-state index contributed by atoms with van der Waals surface area (Å²) >= 11 is 0. The van der Waals surface area contributed by atoms with Crippen molar-refractivity contribution in [1.82, 2.24) is 5.43 Å². The summed E-state index contributed by atoms with van der Waals surface area (Å²) in [6.45, 7) is 3.58. The molecule has 4 N–H and O–H groups in total. The van der Waals surface area contributed by atoms with E-state index in [0.717, 1.165) is 0 Å². The van der Waals surface area contributed by atoms with Crippen molar-refractivity contribution >= 4 is 5.97 Å². The van der Waals surface area contributed by atoms with Gasteiger partial charge in [-0.2, -0.15) is 0 Å². The van der Waals surface area contributed by atoms with E-state index in [-0.39, 0.29) is 5.92 Å². The first-order valence-corrected chi connectivity index (χ1v) is 2.78. The molecule has 0 rings (SSSR count). The van der Waals surface area contributed by atoms with Crippen molar-refractivity contribution in [3.05, 3.63) is 0 Å². The topological polar surface area (TPSA) is 75.3 Å². The molecule has 0 aliphatic heterocycles. The van der Waals surface area contributed by atoms with Gasteiger partial charge in [-0.15, -0.1) is 0 Å². The lowest BCUT2D eigenvalue weighted by molar-refractivity contribution is -0.140. The zero-order chi connectivity index (χ0) is 7.44. The molecule has 0 aromatic rings. The summed E-state index contributed by atoms with van der Waals surface area (Å²) in [7, 11) is 0. The highest BCUT2D eigenvalue weighted by Crippen LogP contribution is 1.98. The molecular formula is C5H12N2O2. The molecule has 4 heteroatoms. The van der Waals surface area contributed by atoms with Crippen LogP contribution in [0, 0.1) is 5.92 Å². The molecule has 0 radical (unpaired) electrons. The number of nitrogens with one attached hydrogen (secondary N) is 1. The maximum Gasteiger partial charge on any atom is 0.322 e. The smallest absolute Gasteiger partial charge is 0.322 e. The van der Waals surface area contributed by atoms with Crippen LogP contribution in [0.1, 0.15) is 13.8 Å². The van der Waals surface area contributed by atoms with Crippen molar-refractivity contribution < 1.29 is 9.90 Å². The molecule has 0 aliphatic carbocycles. The van der Waals surface area contributed by atoms with Crippen molar-refractivity contribution in [2.45, 2.75) is 19.9 Å². The van der Waals surface area contributed by atoms with Crippen molar-refractivity contribution in [2.24, 2.45) is 11.8 Å². The first-order valence-electron chi connectivity index (χ1n) is 2.78. The van der Waals surface area contributed by atoms with Gasteiger partial charge in [0.25, 0.3) is 0 Å². The fraction of sp³-hybridized carbons (Fsp3) is 0.800. The van der Waals surface area contributed by atoms with Crippen LogP contribution in [-0.2, 0) is 4.79 Å². The van der Waals surface area contributed by atoms with E-state index in [1.165, 1.54) is 0 Å². The molecule has 0 saturated carbocycles. The molecule has 4 nitrogen and oxygen atoms in total. The normalized spacial score (nSPS) is 13.8. The first kappa shape index (κ1) is 8.39. The van der Waals surface area contributed by atoms with Gasteiger partial charge >= 0.3 is 5.97 Å². The molecule has 0 amide bonds. The van der Waals surface area contributed by atoms with Crippen LogP contribution < -0.4 is 11.3 Å². The summed E-state index contributed by atoms with van der Waals surface area (Å²) in [4.78, 5) is 10.2. The van der Waals surface area contributed by atoms with Crippen molar-refractivity contribution in [1.29, 1.82) is 0 Å². The predicted molar refractivity (Wildman–Crippen MR) is 33.6 cm³/mol. The SMILES string of the molecule is CC(C)[C@@H](NN)C(=O)O. The van der Waals surface area contributed by atoms with Gasteiger partial charge in [0.2, 0.25) is 0 Å². The third-order valence-electron chi connectivity index (χ3n) is 1.11. The Bertz CT molecular complexity index is 103. The van der Waals surface area contributed by atoms with Gasteiger partial charge in [-0.05, 0) is 5.92 Å². The van der Waals surface area contributed by atoms with E-state index in [0.29, 0.717) is 0 Å². The Morgan fingerprint density at radius 3 is 2.11 bits per heavy atom. The molecule has 0 spiro atoms. The molecule has 1 atom stereocenters. The van der Waals surface area contributed by atoms with E-state index in [2.05, 4.69) is 5.43 Å². The van der Waals surface area contributed by atoms with Crippen LogP contribution in [0.2, 0.25) is 0 Å². The fourth-order valence-electron chi connectivity index (χ4n) is 0.549. The van der Waals surface area contributed by atoms with Crippen LogP contribution >= 0.6 is 0 Å². The van der Waals surface area contributed by atoms with Gasteiger partial charge in [0.15, 0.2) is 0 Å². The van der Waals surface area contributed by atoms with Crippen LogP contribution in [0.25, 0.3) is 0 Å². The maximum atomic E-state index is 10.2. The summed E-state index contributed by atoms with van der Waals surface area (Å²) < 4.78 is 0. The molecule has 0 fully saturated rings. The Balaban J connectivity index is 3.83. The summed E-state index contributed by atoms with van der Waals surface area (Å²) in [5, 5.41) is 8.40. The molecule has 54 valence electrons. The third-order valence-corrected chi connectivity index (χ3v) is 1.11. The van der Waals surface area contributed by atoms with Gasteiger partial charge in [0, 0.05) is 0 Å². The quantitative estimate of drug-likeness (QED) is 0.359. The summed E-state index contributed by atoms with van der Waals surface area (Å²) in [6.07, 6.45) is 0. The lowest BCUT2D eigenvalue weighted by Gasteiger charge is -2.13. The minimum absolute atomic E-state index is 0.0208. The van der Waals surface area contributed by atoms with Crippen LogP contribution in [0.15, 0.2) is 0 Å². The Morgan fingerprint density at radius 2 is 2.11 bits per heavy atom. The zero-order valence-electron chi connectivity index (χ0n) is 5.59. The second-order valence-corrected chi connectivity index (χ2v) is 2.23. The van der Waals surface area contributed by atoms with E-state index >= 15 is 0 Å². The highest BCUT2D eigenvalue weighted by Gasteiger charge is 2.18. The summed E-state index contributed by atoms with van der Waals surface area (Å²) in [5.74, 6) is 4.05. The zero-order valence-corrected chi connectivity index (χ0v) is 5.59. The first-order chi connectivity index (χ1) is 4.09. The standard InChI is InChI=1S/C5H12N2O2/c1-3(2)4(7-6)5(8)9/h3-4,7H,6H2,1-2H3,(H,8,9)/t4-/m1/s1. The van der Waals surface area contributed by atoms with E-state index in [4.69, 9.17) is 10.9 Å². The Labute approximate surface area is 54.0 Å². The number of aliphatic carboxylic acids is 1. The molecule has 0 bridgehead atoms. The Kier molecular flexibility index (Phi) is 3.19. The number of hydrogen-bond donors (Lipinski definition) is 3. The Morgan fingerprint density at radius 1 is 1.67 bits per heavy atom. The average Bonchev–Trinajstić information content (AvgIpc) is 1.64. The van der Waals surface area contributed by atoms with Gasteiger partial charge in [-0.1, -0.05) is 13.8 Å². The Hall–Kier alpha value is -0.610. The van der Waals surface area contributed by atoms with Gasteiger partial charge in [0.05, 0.1) is 0 Å². The van der Waals surface area contributed by atoms with Gasteiger partial charge in [-0.25, -0.2) is 5.43 Å². The highest BCUT2D eigenvalue weighted by molar-refractivity contribution is 5.73. The molecule has 0 unspecified atom stereocenters. The summed E-state index contributed by atoms with van der Waals surface area (Å²) in [6, 6.07) is -0.634. The molecule has 0 heterocycles. The highest BCUT2D eigenvalue weighted by atomic mass is 16.4. The monoisotopic (exact) mass is 132 g/mol. The van der Waals surface area contributed by atoms with Crippen LogP contribution in [0.5, 0.6) is 0 Å². The van der Waals surface area contributed by atoms with E-state index in [1.54, 1.807) is 13.8 Å². The molecule has 0 saturated heterocycles. The van der Waals surface area contributed by atoms with E-state index in [1.807, 2.05) is 0 Å². The maximum absolute atomic E-state index is 10.2. The number of hydrazine groups is 1.